The minimum atomic E-state index is -0.512. The smallest absolute Gasteiger partial charge is 0.227 e. The van der Waals surface area contributed by atoms with Crippen molar-refractivity contribution < 1.29 is 15.0 Å². The van der Waals surface area contributed by atoms with Gasteiger partial charge in [-0.05, 0) is 24.8 Å². The summed E-state index contributed by atoms with van der Waals surface area (Å²) < 4.78 is 0. The summed E-state index contributed by atoms with van der Waals surface area (Å²) in [7, 11) is 0. The standard InChI is InChI=1S/C16H23NO3/c1-2-14(11-6-4-3-5-7-11)16(20)17-13-8-12(10-18)15(19)9-13/h3-7,12-15,18-19H,2,8-10H2,1H3,(H,17,20)/t12-,13+,14-,15-/m1/s1. The van der Waals surface area contributed by atoms with Gasteiger partial charge in [-0.3, -0.25) is 4.79 Å². The average Bonchev–Trinajstić information content (AvgIpc) is 2.80. The van der Waals surface area contributed by atoms with Gasteiger partial charge in [0.05, 0.1) is 12.0 Å². The van der Waals surface area contributed by atoms with Gasteiger partial charge in [0.25, 0.3) is 0 Å². The van der Waals surface area contributed by atoms with E-state index < -0.39 is 6.10 Å². The molecular formula is C16H23NO3. The van der Waals surface area contributed by atoms with E-state index >= 15 is 0 Å². The van der Waals surface area contributed by atoms with E-state index in [0.29, 0.717) is 12.8 Å². The van der Waals surface area contributed by atoms with E-state index in [-0.39, 0.29) is 30.4 Å². The minimum absolute atomic E-state index is 0.00879. The average molecular weight is 277 g/mol. The molecular weight excluding hydrogens is 254 g/mol. The molecule has 2 rings (SSSR count). The van der Waals surface area contributed by atoms with Gasteiger partial charge in [-0.2, -0.15) is 0 Å². The van der Waals surface area contributed by atoms with Gasteiger partial charge in [0.2, 0.25) is 5.91 Å². The monoisotopic (exact) mass is 277 g/mol. The molecule has 0 bridgehead atoms. The van der Waals surface area contributed by atoms with Crippen molar-refractivity contribution in [1.29, 1.82) is 0 Å². The predicted molar refractivity (Wildman–Crippen MR) is 77.2 cm³/mol. The summed E-state index contributed by atoms with van der Waals surface area (Å²) in [4.78, 5) is 12.4. The first-order valence-corrected chi connectivity index (χ1v) is 7.30. The molecule has 4 atom stereocenters. The molecule has 1 aliphatic rings. The van der Waals surface area contributed by atoms with Crippen LogP contribution in [0.5, 0.6) is 0 Å². The number of benzene rings is 1. The molecule has 4 nitrogen and oxygen atoms in total. The number of hydrogen-bond acceptors (Lipinski definition) is 3. The van der Waals surface area contributed by atoms with Crippen LogP contribution >= 0.6 is 0 Å². The van der Waals surface area contributed by atoms with E-state index in [0.717, 1.165) is 12.0 Å². The van der Waals surface area contributed by atoms with Crippen molar-refractivity contribution in [3.63, 3.8) is 0 Å². The molecule has 110 valence electrons. The Kier molecular flexibility index (Phi) is 5.15. The lowest BCUT2D eigenvalue weighted by Crippen LogP contribution is -2.36. The zero-order chi connectivity index (χ0) is 14.5. The summed E-state index contributed by atoms with van der Waals surface area (Å²) >= 11 is 0. The van der Waals surface area contributed by atoms with E-state index in [1.54, 1.807) is 0 Å². The van der Waals surface area contributed by atoms with Crippen LogP contribution in [0.25, 0.3) is 0 Å². The highest BCUT2D eigenvalue weighted by atomic mass is 16.3. The molecule has 0 radical (unpaired) electrons. The third-order valence-corrected chi connectivity index (χ3v) is 4.17. The maximum atomic E-state index is 12.4. The van der Waals surface area contributed by atoms with Crippen LogP contribution in [0.15, 0.2) is 30.3 Å². The molecule has 1 aliphatic carbocycles. The van der Waals surface area contributed by atoms with Crippen molar-refractivity contribution in [3.05, 3.63) is 35.9 Å². The fourth-order valence-corrected chi connectivity index (χ4v) is 2.98. The van der Waals surface area contributed by atoms with Crippen LogP contribution in [0, 0.1) is 5.92 Å². The predicted octanol–water partition coefficient (Wildman–Crippen LogP) is 1.43. The van der Waals surface area contributed by atoms with E-state index in [1.807, 2.05) is 37.3 Å². The highest BCUT2D eigenvalue weighted by Crippen LogP contribution is 2.27. The molecule has 1 fully saturated rings. The van der Waals surface area contributed by atoms with Gasteiger partial charge in [0, 0.05) is 18.6 Å². The number of hydrogen-bond donors (Lipinski definition) is 3. The Bertz CT molecular complexity index is 435. The second kappa shape index (κ2) is 6.86. The first-order chi connectivity index (χ1) is 9.65. The van der Waals surface area contributed by atoms with E-state index in [9.17, 15) is 9.90 Å². The Balaban J connectivity index is 1.97. The SMILES string of the molecule is CC[C@@H](C(=O)N[C@H]1C[C@H](CO)[C@H](O)C1)c1ccccc1. The number of rotatable bonds is 5. The van der Waals surface area contributed by atoms with Crippen LogP contribution < -0.4 is 5.32 Å². The van der Waals surface area contributed by atoms with Crippen LogP contribution in [0.1, 0.15) is 37.7 Å². The van der Waals surface area contributed by atoms with Gasteiger partial charge in [-0.15, -0.1) is 0 Å². The largest absolute Gasteiger partial charge is 0.396 e. The number of amides is 1. The number of aliphatic hydroxyl groups is 2. The van der Waals surface area contributed by atoms with Crippen LogP contribution in [0.3, 0.4) is 0 Å². The van der Waals surface area contributed by atoms with Crippen molar-refractivity contribution in [3.8, 4) is 0 Å². The first kappa shape index (κ1) is 15.0. The molecule has 3 N–H and O–H groups in total. The topological polar surface area (TPSA) is 69.6 Å². The number of carbonyl (C=O) groups is 1. The van der Waals surface area contributed by atoms with Gasteiger partial charge < -0.3 is 15.5 Å². The molecule has 0 aromatic heterocycles. The van der Waals surface area contributed by atoms with E-state index in [2.05, 4.69) is 5.32 Å². The highest BCUT2D eigenvalue weighted by Gasteiger charge is 2.34. The second-order valence-electron chi connectivity index (χ2n) is 5.56. The van der Waals surface area contributed by atoms with Gasteiger partial charge >= 0.3 is 0 Å². The Morgan fingerprint density at radius 2 is 2.05 bits per heavy atom. The van der Waals surface area contributed by atoms with E-state index in [1.165, 1.54) is 0 Å². The van der Waals surface area contributed by atoms with Crippen LogP contribution in [-0.4, -0.2) is 34.9 Å². The molecule has 1 amide bonds. The molecule has 0 saturated heterocycles. The maximum absolute atomic E-state index is 12.4. The zero-order valence-electron chi connectivity index (χ0n) is 11.8. The molecule has 1 saturated carbocycles. The van der Waals surface area contributed by atoms with Crippen molar-refractivity contribution in [2.24, 2.45) is 5.92 Å². The molecule has 0 aliphatic heterocycles. The molecule has 1 aromatic rings. The van der Waals surface area contributed by atoms with Gasteiger partial charge in [-0.1, -0.05) is 37.3 Å². The maximum Gasteiger partial charge on any atom is 0.227 e. The van der Waals surface area contributed by atoms with Crippen LogP contribution in [0.2, 0.25) is 0 Å². The summed E-state index contributed by atoms with van der Waals surface area (Å²) in [5.41, 5.74) is 1.02. The third kappa shape index (κ3) is 3.38. The molecule has 0 unspecified atom stereocenters. The summed E-state index contributed by atoms with van der Waals surface area (Å²) in [6, 6.07) is 9.71. The van der Waals surface area contributed by atoms with Crippen molar-refractivity contribution in [2.75, 3.05) is 6.61 Å². The molecule has 4 heteroatoms. The lowest BCUT2D eigenvalue weighted by atomic mass is 9.95. The van der Waals surface area contributed by atoms with E-state index in [4.69, 9.17) is 5.11 Å². The van der Waals surface area contributed by atoms with Crippen molar-refractivity contribution in [2.45, 2.75) is 44.2 Å². The molecule has 1 aromatic carbocycles. The van der Waals surface area contributed by atoms with Crippen molar-refractivity contribution in [1.82, 2.24) is 5.32 Å². The Hall–Kier alpha value is -1.39. The first-order valence-electron chi connectivity index (χ1n) is 7.30. The van der Waals surface area contributed by atoms with Crippen LogP contribution in [0.4, 0.5) is 0 Å². The summed E-state index contributed by atoms with van der Waals surface area (Å²) in [5.74, 6) is -0.256. The van der Waals surface area contributed by atoms with Crippen LogP contribution in [-0.2, 0) is 4.79 Å². The Labute approximate surface area is 119 Å². The quantitative estimate of drug-likeness (QED) is 0.762. The number of aliphatic hydroxyl groups excluding tert-OH is 2. The fourth-order valence-electron chi connectivity index (χ4n) is 2.98. The Morgan fingerprint density at radius 1 is 1.35 bits per heavy atom. The van der Waals surface area contributed by atoms with Gasteiger partial charge in [0.1, 0.15) is 0 Å². The molecule has 20 heavy (non-hydrogen) atoms. The fraction of sp³-hybridized carbons (Fsp3) is 0.562. The van der Waals surface area contributed by atoms with Gasteiger partial charge in [-0.25, -0.2) is 0 Å². The minimum Gasteiger partial charge on any atom is -0.396 e. The molecule has 0 heterocycles. The van der Waals surface area contributed by atoms with Crippen molar-refractivity contribution >= 4 is 5.91 Å². The highest BCUT2D eigenvalue weighted by molar-refractivity contribution is 5.83. The lowest BCUT2D eigenvalue weighted by Gasteiger charge is -2.19. The third-order valence-electron chi connectivity index (χ3n) is 4.17. The summed E-state index contributed by atoms with van der Waals surface area (Å²) in [6.45, 7) is 1.97. The molecule has 0 spiro atoms. The lowest BCUT2D eigenvalue weighted by molar-refractivity contribution is -0.123. The number of nitrogens with one attached hydrogen (secondary N) is 1. The normalized spacial score (nSPS) is 27.2. The summed E-state index contributed by atoms with van der Waals surface area (Å²) in [6.07, 6.45) is 1.41. The summed E-state index contributed by atoms with van der Waals surface area (Å²) in [5, 5.41) is 21.9. The number of carbonyl (C=O) groups excluding carboxylic acids is 1. The second-order valence-corrected chi connectivity index (χ2v) is 5.56. The Morgan fingerprint density at radius 3 is 2.60 bits per heavy atom. The zero-order valence-corrected chi connectivity index (χ0v) is 11.8. The van der Waals surface area contributed by atoms with Gasteiger partial charge in [0.15, 0.2) is 0 Å².